The van der Waals surface area contributed by atoms with Crippen LogP contribution in [-0.4, -0.2) is 23.5 Å². The van der Waals surface area contributed by atoms with Gasteiger partial charge in [0.1, 0.15) is 5.82 Å². The lowest BCUT2D eigenvalue weighted by Crippen LogP contribution is -2.53. The van der Waals surface area contributed by atoms with E-state index in [0.29, 0.717) is 0 Å². The first-order valence-electron chi connectivity index (χ1n) is 8.32. The molecular formula is C18H27FN2. The van der Waals surface area contributed by atoms with E-state index >= 15 is 0 Å². The predicted octanol–water partition coefficient (Wildman–Crippen LogP) is 3.85. The molecule has 1 unspecified atom stereocenters. The highest BCUT2D eigenvalue weighted by molar-refractivity contribution is 5.36. The van der Waals surface area contributed by atoms with Gasteiger partial charge in [0, 0.05) is 11.1 Å². The van der Waals surface area contributed by atoms with E-state index in [-0.39, 0.29) is 17.4 Å². The van der Waals surface area contributed by atoms with Gasteiger partial charge in [-0.1, -0.05) is 18.9 Å². The fourth-order valence-corrected chi connectivity index (χ4v) is 4.56. The maximum absolute atomic E-state index is 14.6. The third-order valence-electron chi connectivity index (χ3n) is 5.58. The first-order valence-corrected chi connectivity index (χ1v) is 8.32. The van der Waals surface area contributed by atoms with Crippen LogP contribution in [0, 0.1) is 19.7 Å². The monoisotopic (exact) mass is 290 g/mol. The number of likely N-dealkylation sites (tertiary alicyclic amines) is 1. The highest BCUT2D eigenvalue weighted by Crippen LogP contribution is 2.46. The zero-order chi connectivity index (χ0) is 15.0. The van der Waals surface area contributed by atoms with Gasteiger partial charge in [-0.25, -0.2) is 4.39 Å². The van der Waals surface area contributed by atoms with Gasteiger partial charge in [-0.2, -0.15) is 0 Å². The average molecular weight is 290 g/mol. The van der Waals surface area contributed by atoms with E-state index in [1.165, 1.54) is 25.7 Å². The van der Waals surface area contributed by atoms with Crippen LogP contribution in [0.1, 0.15) is 61.3 Å². The lowest BCUT2D eigenvalue weighted by atomic mass is 9.80. The number of benzene rings is 1. The summed E-state index contributed by atoms with van der Waals surface area (Å²) in [5, 5.41) is 0. The van der Waals surface area contributed by atoms with Crippen molar-refractivity contribution in [3.05, 3.63) is 34.6 Å². The quantitative estimate of drug-likeness (QED) is 0.916. The fraction of sp³-hybridized carbons (Fsp3) is 0.667. The van der Waals surface area contributed by atoms with Gasteiger partial charge in [-0.3, -0.25) is 4.90 Å². The minimum atomic E-state index is -0.210. The second kappa shape index (κ2) is 5.69. The Hall–Kier alpha value is -0.930. The van der Waals surface area contributed by atoms with Crippen LogP contribution in [0.25, 0.3) is 0 Å². The molecule has 116 valence electrons. The molecule has 1 aromatic rings. The number of halogens is 1. The second-order valence-corrected chi connectivity index (χ2v) is 6.96. The summed E-state index contributed by atoms with van der Waals surface area (Å²) in [6.45, 7) is 6.19. The van der Waals surface area contributed by atoms with Crippen molar-refractivity contribution in [2.75, 3.05) is 13.1 Å². The minimum absolute atomic E-state index is 0.0165. The van der Waals surface area contributed by atoms with Gasteiger partial charge >= 0.3 is 0 Å². The molecule has 0 radical (unpaired) electrons. The van der Waals surface area contributed by atoms with Gasteiger partial charge in [0.25, 0.3) is 0 Å². The SMILES string of the molecule is Cc1cc(C)c(C(N)C2(N3CCCC3)CCCC2)c(F)c1. The largest absolute Gasteiger partial charge is 0.322 e. The molecular weight excluding hydrogens is 263 g/mol. The topological polar surface area (TPSA) is 29.3 Å². The molecule has 2 fully saturated rings. The van der Waals surface area contributed by atoms with Crippen LogP contribution in [0.5, 0.6) is 0 Å². The number of hydrogen-bond donors (Lipinski definition) is 1. The highest BCUT2D eigenvalue weighted by Gasteiger charge is 2.46. The van der Waals surface area contributed by atoms with E-state index in [0.717, 1.165) is 42.6 Å². The molecule has 2 nitrogen and oxygen atoms in total. The van der Waals surface area contributed by atoms with E-state index in [4.69, 9.17) is 5.73 Å². The zero-order valence-electron chi connectivity index (χ0n) is 13.3. The normalized spacial score (nSPS) is 23.6. The molecule has 1 atom stereocenters. The summed E-state index contributed by atoms with van der Waals surface area (Å²) in [6, 6.07) is 3.48. The van der Waals surface area contributed by atoms with E-state index in [1.54, 1.807) is 6.07 Å². The molecule has 0 aromatic heterocycles. The Morgan fingerprint density at radius 3 is 2.29 bits per heavy atom. The van der Waals surface area contributed by atoms with Crippen molar-refractivity contribution in [2.45, 2.75) is 64.0 Å². The molecule has 1 aliphatic carbocycles. The fourth-order valence-electron chi connectivity index (χ4n) is 4.56. The standard InChI is InChI=1S/C18H27FN2/c1-13-11-14(2)16(15(19)12-13)17(20)18(7-3-4-8-18)21-9-5-6-10-21/h11-12,17H,3-10,20H2,1-2H3. The Balaban J connectivity index is 2.00. The summed E-state index contributed by atoms with van der Waals surface area (Å²) in [4.78, 5) is 2.56. The Labute approximate surface area is 127 Å². The summed E-state index contributed by atoms with van der Waals surface area (Å²) in [7, 11) is 0. The minimum Gasteiger partial charge on any atom is -0.322 e. The van der Waals surface area contributed by atoms with E-state index in [2.05, 4.69) is 11.0 Å². The summed E-state index contributed by atoms with van der Waals surface area (Å²) in [5.41, 5.74) is 9.39. The van der Waals surface area contributed by atoms with Gasteiger partial charge in [0.05, 0.1) is 6.04 Å². The van der Waals surface area contributed by atoms with Crippen LogP contribution in [0.2, 0.25) is 0 Å². The first-order chi connectivity index (χ1) is 10.0. The lowest BCUT2D eigenvalue weighted by Gasteiger charge is -2.44. The molecule has 3 heteroatoms. The molecule has 1 heterocycles. The molecule has 2 aliphatic rings. The number of nitrogens with zero attached hydrogens (tertiary/aromatic N) is 1. The number of aryl methyl sites for hydroxylation is 2. The summed E-state index contributed by atoms with van der Waals surface area (Å²) < 4.78 is 14.6. The van der Waals surface area contributed by atoms with E-state index in [9.17, 15) is 4.39 Å². The van der Waals surface area contributed by atoms with Crippen molar-refractivity contribution in [1.29, 1.82) is 0 Å². The first kappa shape index (κ1) is 15.0. The van der Waals surface area contributed by atoms with E-state index in [1.807, 2.05) is 13.8 Å². The maximum atomic E-state index is 14.6. The average Bonchev–Trinajstić information content (AvgIpc) is 3.09. The molecule has 0 bridgehead atoms. The van der Waals surface area contributed by atoms with Gasteiger partial charge in [-0.05, 0) is 69.8 Å². The molecule has 21 heavy (non-hydrogen) atoms. The lowest BCUT2D eigenvalue weighted by molar-refractivity contribution is 0.0905. The van der Waals surface area contributed by atoms with Crippen molar-refractivity contribution in [3.8, 4) is 0 Å². The summed E-state index contributed by atoms with van der Waals surface area (Å²) >= 11 is 0. The summed E-state index contributed by atoms with van der Waals surface area (Å²) in [5.74, 6) is -0.120. The van der Waals surface area contributed by atoms with Crippen molar-refractivity contribution in [1.82, 2.24) is 4.90 Å². The van der Waals surface area contributed by atoms with Crippen LogP contribution >= 0.6 is 0 Å². The molecule has 2 N–H and O–H groups in total. The highest BCUT2D eigenvalue weighted by atomic mass is 19.1. The molecule has 0 spiro atoms. The molecule has 0 amide bonds. The van der Waals surface area contributed by atoms with Gasteiger partial charge in [-0.15, -0.1) is 0 Å². The van der Waals surface area contributed by atoms with Crippen LogP contribution in [0.15, 0.2) is 12.1 Å². The summed E-state index contributed by atoms with van der Waals surface area (Å²) in [6.07, 6.45) is 7.17. The third-order valence-corrected chi connectivity index (χ3v) is 5.58. The van der Waals surface area contributed by atoms with Crippen molar-refractivity contribution >= 4 is 0 Å². The van der Waals surface area contributed by atoms with Crippen molar-refractivity contribution < 1.29 is 4.39 Å². The molecule has 1 aliphatic heterocycles. The van der Waals surface area contributed by atoms with Crippen LogP contribution in [0.4, 0.5) is 4.39 Å². The number of nitrogens with two attached hydrogens (primary N) is 1. The van der Waals surface area contributed by atoms with E-state index < -0.39 is 0 Å². The van der Waals surface area contributed by atoms with Gasteiger partial charge < -0.3 is 5.73 Å². The molecule has 3 rings (SSSR count). The van der Waals surface area contributed by atoms with Crippen molar-refractivity contribution in [2.24, 2.45) is 5.73 Å². The second-order valence-electron chi connectivity index (χ2n) is 6.96. The number of rotatable bonds is 3. The molecule has 1 saturated heterocycles. The Morgan fingerprint density at radius 2 is 1.71 bits per heavy atom. The Morgan fingerprint density at radius 1 is 1.10 bits per heavy atom. The van der Waals surface area contributed by atoms with Crippen LogP contribution in [-0.2, 0) is 0 Å². The number of hydrogen-bond acceptors (Lipinski definition) is 2. The zero-order valence-corrected chi connectivity index (χ0v) is 13.3. The maximum Gasteiger partial charge on any atom is 0.128 e. The Bertz CT molecular complexity index is 491. The predicted molar refractivity (Wildman–Crippen MR) is 84.8 cm³/mol. The molecule has 1 aromatic carbocycles. The van der Waals surface area contributed by atoms with Crippen LogP contribution < -0.4 is 5.73 Å². The molecule has 1 saturated carbocycles. The van der Waals surface area contributed by atoms with Crippen LogP contribution in [0.3, 0.4) is 0 Å². The smallest absolute Gasteiger partial charge is 0.128 e. The Kier molecular flexibility index (Phi) is 4.06. The van der Waals surface area contributed by atoms with Gasteiger partial charge in [0.15, 0.2) is 0 Å². The third kappa shape index (κ3) is 2.51. The van der Waals surface area contributed by atoms with Crippen molar-refractivity contribution in [3.63, 3.8) is 0 Å². The van der Waals surface area contributed by atoms with Gasteiger partial charge in [0.2, 0.25) is 0 Å².